The minimum absolute atomic E-state index is 0.0711. The van der Waals surface area contributed by atoms with Gasteiger partial charge in [0.05, 0.1) is 15.8 Å². The lowest BCUT2D eigenvalue weighted by Crippen LogP contribution is -2.34. The van der Waals surface area contributed by atoms with E-state index in [1.54, 1.807) is 0 Å². The summed E-state index contributed by atoms with van der Waals surface area (Å²) in [5, 5.41) is 1.43. The molecule has 0 aromatic heterocycles. The molecule has 270 valence electrons. The molecule has 2 aliphatic carbocycles. The van der Waals surface area contributed by atoms with E-state index in [1.807, 2.05) is 24.3 Å². The molecule has 5 aromatic carbocycles. The zero-order valence-corrected chi connectivity index (χ0v) is 35.2. The van der Waals surface area contributed by atoms with Crippen molar-refractivity contribution in [1.82, 2.24) is 0 Å². The van der Waals surface area contributed by atoms with E-state index in [-0.39, 0.29) is 21.7 Å². The molecule has 0 unspecified atom stereocenters. The molecule has 0 spiro atoms. The van der Waals surface area contributed by atoms with Gasteiger partial charge in [-0.2, -0.15) is 0 Å². The number of nitrogens with zero attached hydrogens (tertiary/aromatic N) is 2. The van der Waals surface area contributed by atoms with E-state index in [0.717, 1.165) is 57.0 Å². The van der Waals surface area contributed by atoms with Gasteiger partial charge >= 0.3 is 0 Å². The van der Waals surface area contributed by atoms with Gasteiger partial charge in [0.25, 0.3) is 0 Å². The Morgan fingerprint density at radius 1 is 0.442 bits per heavy atom. The number of hydrogen-bond acceptors (Lipinski definition) is 2. The fourth-order valence-electron chi connectivity index (χ4n) is 8.52. The molecule has 0 radical (unpaired) electrons. The van der Waals surface area contributed by atoms with Crippen LogP contribution in [0, 0.1) is 6.92 Å². The standard InChI is InChI=1S/C47H51BrCl2N2/c1-30-26-41(51(33-14-10-31(49)11-15-33)35-18-20-37-39(28-35)46(6,7)24-22-44(37,2)3)43(48)42(27-30)52(34-16-12-32(50)13-17-34)36-19-21-38-40(29-36)47(8,9)25-23-45(38,4)5/h10-21,26-29H,22-25H2,1-9H3. The van der Waals surface area contributed by atoms with E-state index in [1.165, 1.54) is 35.1 Å². The summed E-state index contributed by atoms with van der Waals surface area (Å²) in [6.45, 7) is 21.3. The van der Waals surface area contributed by atoms with Crippen LogP contribution in [-0.2, 0) is 21.7 Å². The van der Waals surface area contributed by atoms with Crippen LogP contribution < -0.4 is 9.80 Å². The molecule has 0 atom stereocenters. The summed E-state index contributed by atoms with van der Waals surface area (Å²) in [6, 6.07) is 35.2. The fraction of sp³-hybridized carbons (Fsp3) is 0.362. The second-order valence-corrected chi connectivity index (χ2v) is 19.4. The van der Waals surface area contributed by atoms with Gasteiger partial charge in [0.1, 0.15) is 0 Å². The molecule has 0 fully saturated rings. The first-order valence-electron chi connectivity index (χ1n) is 18.6. The van der Waals surface area contributed by atoms with Crippen molar-refractivity contribution in [2.24, 2.45) is 0 Å². The lowest BCUT2D eigenvalue weighted by atomic mass is 9.63. The average Bonchev–Trinajstić information content (AvgIpc) is 3.09. The van der Waals surface area contributed by atoms with Gasteiger partial charge in [0, 0.05) is 32.8 Å². The lowest BCUT2D eigenvalue weighted by Gasteiger charge is -2.43. The van der Waals surface area contributed by atoms with Gasteiger partial charge in [0.2, 0.25) is 0 Å². The zero-order valence-electron chi connectivity index (χ0n) is 32.1. The first-order chi connectivity index (χ1) is 24.4. The summed E-state index contributed by atoms with van der Waals surface area (Å²) in [5.74, 6) is 0. The monoisotopic (exact) mass is 792 g/mol. The summed E-state index contributed by atoms with van der Waals surface area (Å²) < 4.78 is 0.998. The summed E-state index contributed by atoms with van der Waals surface area (Å²) in [4.78, 5) is 4.76. The largest absolute Gasteiger partial charge is 0.309 e. The predicted octanol–water partition coefficient (Wildman–Crippen LogP) is 15.7. The van der Waals surface area contributed by atoms with Crippen LogP contribution in [0.15, 0.2) is 102 Å². The Hall–Kier alpha value is -3.24. The van der Waals surface area contributed by atoms with Crippen molar-refractivity contribution in [2.75, 3.05) is 9.80 Å². The van der Waals surface area contributed by atoms with Crippen LogP contribution in [0.4, 0.5) is 34.1 Å². The van der Waals surface area contributed by atoms with Crippen LogP contribution in [-0.4, -0.2) is 0 Å². The van der Waals surface area contributed by atoms with Crippen LogP contribution in [0.3, 0.4) is 0 Å². The van der Waals surface area contributed by atoms with Crippen molar-refractivity contribution in [2.45, 2.75) is 110 Å². The average molecular weight is 795 g/mol. The molecule has 52 heavy (non-hydrogen) atoms. The molecule has 0 heterocycles. The van der Waals surface area contributed by atoms with E-state index < -0.39 is 0 Å². The number of halogens is 3. The second-order valence-electron chi connectivity index (χ2n) is 17.7. The fourth-order valence-corrected chi connectivity index (χ4v) is 9.36. The van der Waals surface area contributed by atoms with E-state index in [4.69, 9.17) is 23.2 Å². The van der Waals surface area contributed by atoms with Crippen LogP contribution >= 0.6 is 39.1 Å². The molecule has 0 bridgehead atoms. The summed E-state index contributed by atoms with van der Waals surface area (Å²) in [6.07, 6.45) is 4.66. The number of benzene rings is 5. The van der Waals surface area contributed by atoms with Gasteiger partial charge in [-0.3, -0.25) is 0 Å². The summed E-state index contributed by atoms with van der Waals surface area (Å²) >= 11 is 17.2. The zero-order chi connectivity index (χ0) is 37.4. The Morgan fingerprint density at radius 2 is 0.750 bits per heavy atom. The summed E-state index contributed by atoms with van der Waals surface area (Å²) in [7, 11) is 0. The SMILES string of the molecule is Cc1cc(N(c2ccc(Cl)cc2)c2ccc3c(c2)C(C)(C)CCC3(C)C)c(Br)c(N(c2ccc(Cl)cc2)c2ccc3c(c2)C(C)(C)CCC3(C)C)c1. The maximum absolute atomic E-state index is 6.49. The van der Waals surface area contributed by atoms with Crippen molar-refractivity contribution in [1.29, 1.82) is 0 Å². The number of fused-ring (bicyclic) bond motifs is 2. The normalized spacial score (nSPS) is 17.9. The molecular weight excluding hydrogens is 743 g/mol. The molecule has 0 saturated heterocycles. The first-order valence-corrected chi connectivity index (χ1v) is 20.1. The Labute approximate surface area is 330 Å². The molecule has 7 rings (SSSR count). The molecule has 2 aliphatic rings. The summed E-state index contributed by atoms with van der Waals surface area (Å²) in [5.41, 5.74) is 13.8. The molecule has 0 amide bonds. The maximum atomic E-state index is 6.49. The smallest absolute Gasteiger partial charge is 0.0657 e. The molecule has 5 aromatic rings. The van der Waals surface area contributed by atoms with Crippen molar-refractivity contribution in [3.63, 3.8) is 0 Å². The van der Waals surface area contributed by atoms with Crippen molar-refractivity contribution >= 4 is 73.3 Å². The number of rotatable bonds is 6. The Morgan fingerprint density at radius 3 is 1.10 bits per heavy atom. The number of anilines is 6. The van der Waals surface area contributed by atoms with Crippen LogP contribution in [0.1, 0.15) is 109 Å². The highest BCUT2D eigenvalue weighted by Gasteiger charge is 2.39. The van der Waals surface area contributed by atoms with Gasteiger partial charge in [-0.15, -0.1) is 0 Å². The minimum atomic E-state index is 0.0711. The van der Waals surface area contributed by atoms with Gasteiger partial charge in [-0.05, 0) is 183 Å². The third-order valence-electron chi connectivity index (χ3n) is 12.0. The topological polar surface area (TPSA) is 6.48 Å². The van der Waals surface area contributed by atoms with Crippen molar-refractivity contribution in [3.8, 4) is 0 Å². The maximum Gasteiger partial charge on any atom is 0.0657 e. The first kappa shape index (κ1) is 37.1. The quantitative estimate of drug-likeness (QED) is 0.169. The minimum Gasteiger partial charge on any atom is -0.309 e. The highest BCUT2D eigenvalue weighted by atomic mass is 79.9. The van der Waals surface area contributed by atoms with E-state index in [0.29, 0.717) is 10.0 Å². The van der Waals surface area contributed by atoms with Gasteiger partial charge in [-0.1, -0.05) is 90.7 Å². The van der Waals surface area contributed by atoms with E-state index in [2.05, 4.69) is 161 Å². The lowest BCUT2D eigenvalue weighted by molar-refractivity contribution is 0.332. The Bertz CT molecular complexity index is 1990. The third kappa shape index (κ3) is 6.71. The molecule has 2 nitrogen and oxygen atoms in total. The van der Waals surface area contributed by atoms with Gasteiger partial charge in [0.15, 0.2) is 0 Å². The highest BCUT2D eigenvalue weighted by Crippen LogP contribution is 2.53. The second kappa shape index (κ2) is 13.3. The van der Waals surface area contributed by atoms with Crippen molar-refractivity contribution in [3.05, 3.63) is 139 Å². The van der Waals surface area contributed by atoms with E-state index in [9.17, 15) is 0 Å². The highest BCUT2D eigenvalue weighted by molar-refractivity contribution is 9.10. The predicted molar refractivity (Wildman–Crippen MR) is 229 cm³/mol. The Balaban J connectivity index is 1.47. The molecular formula is C47H51BrCl2N2. The molecule has 0 N–H and O–H groups in total. The van der Waals surface area contributed by atoms with Crippen LogP contribution in [0.2, 0.25) is 10.0 Å². The van der Waals surface area contributed by atoms with Gasteiger partial charge in [-0.25, -0.2) is 0 Å². The molecule has 5 heteroatoms. The van der Waals surface area contributed by atoms with Crippen LogP contribution in [0.25, 0.3) is 0 Å². The van der Waals surface area contributed by atoms with Crippen LogP contribution in [0.5, 0.6) is 0 Å². The molecule has 0 aliphatic heterocycles. The molecule has 0 saturated carbocycles. The van der Waals surface area contributed by atoms with Crippen molar-refractivity contribution < 1.29 is 0 Å². The number of aryl methyl sites for hydroxylation is 1. The van der Waals surface area contributed by atoms with Gasteiger partial charge < -0.3 is 9.80 Å². The Kier molecular flexibility index (Phi) is 9.45. The third-order valence-corrected chi connectivity index (χ3v) is 13.3. The number of hydrogen-bond donors (Lipinski definition) is 0. The van der Waals surface area contributed by atoms with E-state index >= 15 is 0 Å².